The van der Waals surface area contributed by atoms with Gasteiger partial charge in [0.25, 0.3) is 0 Å². The standard InChI is InChI=1S/C16H10ClF4N3/c17-14-7-12(15-22-3-4-24(15)23-14)11-6-10(11)9-2-1-8(5-13(9)18)16(19,20)21/h1-5,7,10-11H,6H2. The first kappa shape index (κ1) is 15.4. The van der Waals surface area contributed by atoms with Crippen LogP contribution in [0.15, 0.2) is 36.7 Å². The van der Waals surface area contributed by atoms with Crippen molar-refractivity contribution < 1.29 is 17.6 Å². The number of hydrogen-bond donors (Lipinski definition) is 0. The van der Waals surface area contributed by atoms with Crippen LogP contribution in [0.5, 0.6) is 0 Å². The van der Waals surface area contributed by atoms with Gasteiger partial charge in [0.1, 0.15) is 11.0 Å². The molecule has 1 aliphatic carbocycles. The van der Waals surface area contributed by atoms with Crippen LogP contribution in [0.4, 0.5) is 17.6 Å². The summed E-state index contributed by atoms with van der Waals surface area (Å²) in [7, 11) is 0. The lowest BCUT2D eigenvalue weighted by atomic mass is 10.0. The van der Waals surface area contributed by atoms with Crippen molar-refractivity contribution in [3.05, 3.63) is 64.3 Å². The molecule has 2 atom stereocenters. The lowest BCUT2D eigenvalue weighted by Crippen LogP contribution is -2.06. The zero-order chi connectivity index (χ0) is 17.1. The fourth-order valence-corrected chi connectivity index (χ4v) is 3.27. The molecule has 1 fully saturated rings. The molecule has 2 aromatic heterocycles. The van der Waals surface area contributed by atoms with Gasteiger partial charge in [0.15, 0.2) is 5.65 Å². The topological polar surface area (TPSA) is 30.2 Å². The summed E-state index contributed by atoms with van der Waals surface area (Å²) in [6.07, 6.45) is -0.687. The van der Waals surface area contributed by atoms with Gasteiger partial charge in [-0.1, -0.05) is 17.7 Å². The molecule has 1 aromatic carbocycles. The molecule has 2 heterocycles. The average Bonchev–Trinajstić information content (AvgIpc) is 3.14. The van der Waals surface area contributed by atoms with E-state index in [9.17, 15) is 17.6 Å². The summed E-state index contributed by atoms with van der Waals surface area (Å²) in [5, 5.41) is 4.37. The van der Waals surface area contributed by atoms with Crippen molar-refractivity contribution in [1.82, 2.24) is 14.6 Å². The summed E-state index contributed by atoms with van der Waals surface area (Å²) in [6, 6.07) is 4.36. The highest BCUT2D eigenvalue weighted by molar-refractivity contribution is 6.29. The minimum Gasteiger partial charge on any atom is -0.235 e. The van der Waals surface area contributed by atoms with Crippen LogP contribution in [-0.4, -0.2) is 14.6 Å². The van der Waals surface area contributed by atoms with Crippen molar-refractivity contribution >= 4 is 17.2 Å². The first-order chi connectivity index (χ1) is 11.3. The lowest BCUT2D eigenvalue weighted by Gasteiger charge is -2.09. The monoisotopic (exact) mass is 355 g/mol. The zero-order valence-electron chi connectivity index (χ0n) is 12.1. The van der Waals surface area contributed by atoms with Gasteiger partial charge in [-0.15, -0.1) is 0 Å². The molecule has 0 spiro atoms. The number of halogens is 5. The predicted molar refractivity (Wildman–Crippen MR) is 79.5 cm³/mol. The number of imidazole rings is 1. The van der Waals surface area contributed by atoms with Crippen LogP contribution >= 0.6 is 11.6 Å². The number of benzene rings is 1. The smallest absolute Gasteiger partial charge is 0.235 e. The highest BCUT2D eigenvalue weighted by Crippen LogP contribution is 2.56. The van der Waals surface area contributed by atoms with Crippen molar-refractivity contribution in [2.45, 2.75) is 24.4 Å². The second kappa shape index (κ2) is 5.17. The Labute approximate surface area is 138 Å². The molecule has 2 unspecified atom stereocenters. The molecule has 1 saturated carbocycles. The first-order valence-corrected chi connectivity index (χ1v) is 7.59. The normalized spacial score (nSPS) is 20.5. The van der Waals surface area contributed by atoms with Gasteiger partial charge in [-0.05, 0) is 42.0 Å². The van der Waals surface area contributed by atoms with Gasteiger partial charge >= 0.3 is 6.18 Å². The first-order valence-electron chi connectivity index (χ1n) is 7.21. The van der Waals surface area contributed by atoms with Crippen LogP contribution in [0.2, 0.25) is 5.15 Å². The van der Waals surface area contributed by atoms with E-state index in [-0.39, 0.29) is 22.6 Å². The fraction of sp³-hybridized carbons (Fsp3) is 0.250. The third-order valence-electron chi connectivity index (χ3n) is 4.27. The Morgan fingerprint density at radius 3 is 2.58 bits per heavy atom. The van der Waals surface area contributed by atoms with Crippen molar-refractivity contribution in [1.29, 1.82) is 0 Å². The van der Waals surface area contributed by atoms with E-state index in [1.165, 1.54) is 10.6 Å². The number of aromatic nitrogens is 3. The van der Waals surface area contributed by atoms with E-state index in [1.54, 1.807) is 18.5 Å². The molecule has 0 bridgehead atoms. The van der Waals surface area contributed by atoms with Crippen LogP contribution in [-0.2, 0) is 6.18 Å². The Balaban J connectivity index is 1.68. The SMILES string of the molecule is Fc1cc(C(F)(F)F)ccc1C1CC1c1cc(Cl)nn2ccnc12. The number of alkyl halides is 3. The molecule has 0 N–H and O–H groups in total. The molecule has 1 aliphatic rings. The third-order valence-corrected chi connectivity index (χ3v) is 4.46. The maximum absolute atomic E-state index is 14.1. The van der Waals surface area contributed by atoms with Crippen molar-refractivity contribution in [3.63, 3.8) is 0 Å². The van der Waals surface area contributed by atoms with Crippen LogP contribution in [0.3, 0.4) is 0 Å². The van der Waals surface area contributed by atoms with Crippen LogP contribution in [0.25, 0.3) is 5.65 Å². The molecule has 124 valence electrons. The molecule has 0 radical (unpaired) electrons. The quantitative estimate of drug-likeness (QED) is 0.617. The highest BCUT2D eigenvalue weighted by atomic mass is 35.5. The largest absolute Gasteiger partial charge is 0.416 e. The molecule has 3 nitrogen and oxygen atoms in total. The Morgan fingerprint density at radius 2 is 1.88 bits per heavy atom. The molecule has 3 aromatic rings. The minimum atomic E-state index is -4.55. The molecule has 24 heavy (non-hydrogen) atoms. The third kappa shape index (κ3) is 2.53. The van der Waals surface area contributed by atoms with Gasteiger partial charge in [0.2, 0.25) is 0 Å². The van der Waals surface area contributed by atoms with Gasteiger partial charge in [0.05, 0.1) is 5.56 Å². The number of hydrogen-bond acceptors (Lipinski definition) is 2. The second-order valence-electron chi connectivity index (χ2n) is 5.80. The molecular formula is C16H10ClF4N3. The van der Waals surface area contributed by atoms with E-state index >= 15 is 0 Å². The summed E-state index contributed by atoms with van der Waals surface area (Å²) < 4.78 is 53.6. The lowest BCUT2D eigenvalue weighted by molar-refractivity contribution is -0.137. The van der Waals surface area contributed by atoms with Crippen molar-refractivity contribution in [2.24, 2.45) is 0 Å². The summed E-state index contributed by atoms with van der Waals surface area (Å²) in [4.78, 5) is 4.22. The Bertz CT molecular complexity index is 935. The number of fused-ring (bicyclic) bond motifs is 1. The summed E-state index contributed by atoms with van der Waals surface area (Å²) >= 11 is 5.99. The van der Waals surface area contributed by atoms with Gasteiger partial charge in [0, 0.05) is 18.0 Å². The van der Waals surface area contributed by atoms with Gasteiger partial charge in [-0.25, -0.2) is 13.9 Å². The second-order valence-corrected chi connectivity index (χ2v) is 6.19. The predicted octanol–water partition coefficient (Wildman–Crippen LogP) is 4.81. The average molecular weight is 356 g/mol. The summed E-state index contributed by atoms with van der Waals surface area (Å²) in [5.41, 5.74) is 0.748. The van der Waals surface area contributed by atoms with E-state index in [0.29, 0.717) is 18.1 Å². The molecular weight excluding hydrogens is 346 g/mol. The van der Waals surface area contributed by atoms with Gasteiger partial charge < -0.3 is 0 Å². The summed E-state index contributed by atoms with van der Waals surface area (Å²) in [6.45, 7) is 0. The fourth-order valence-electron chi connectivity index (χ4n) is 3.07. The van der Waals surface area contributed by atoms with E-state index in [1.807, 2.05) is 0 Å². The van der Waals surface area contributed by atoms with E-state index in [0.717, 1.165) is 11.6 Å². The molecule has 0 amide bonds. The maximum Gasteiger partial charge on any atom is 0.416 e. The molecule has 0 aliphatic heterocycles. The van der Waals surface area contributed by atoms with Crippen molar-refractivity contribution in [2.75, 3.05) is 0 Å². The minimum absolute atomic E-state index is 0.0402. The Kier molecular flexibility index (Phi) is 3.32. The van der Waals surface area contributed by atoms with Gasteiger partial charge in [-0.2, -0.15) is 18.3 Å². The van der Waals surface area contributed by atoms with Crippen LogP contribution in [0.1, 0.15) is 34.9 Å². The highest BCUT2D eigenvalue weighted by Gasteiger charge is 2.43. The zero-order valence-corrected chi connectivity index (χ0v) is 12.8. The molecule has 4 rings (SSSR count). The number of rotatable bonds is 2. The Hall–Kier alpha value is -2.15. The molecule has 0 saturated heterocycles. The Morgan fingerprint density at radius 1 is 1.12 bits per heavy atom. The van der Waals surface area contributed by atoms with Gasteiger partial charge in [-0.3, -0.25) is 0 Å². The van der Waals surface area contributed by atoms with Crippen LogP contribution < -0.4 is 0 Å². The van der Waals surface area contributed by atoms with Crippen molar-refractivity contribution in [3.8, 4) is 0 Å². The van der Waals surface area contributed by atoms with E-state index < -0.39 is 17.6 Å². The number of nitrogens with zero attached hydrogens (tertiary/aromatic N) is 3. The van der Waals surface area contributed by atoms with Crippen LogP contribution in [0, 0.1) is 5.82 Å². The van der Waals surface area contributed by atoms with E-state index in [2.05, 4.69) is 10.1 Å². The van der Waals surface area contributed by atoms with E-state index in [4.69, 9.17) is 11.6 Å². The molecule has 8 heteroatoms. The summed E-state index contributed by atoms with van der Waals surface area (Å²) in [5.74, 6) is -1.07. The maximum atomic E-state index is 14.1.